The summed E-state index contributed by atoms with van der Waals surface area (Å²) in [6.07, 6.45) is 53.3. The highest BCUT2D eigenvalue weighted by molar-refractivity contribution is 5.71. The third-order valence-corrected chi connectivity index (χ3v) is 11.8. The lowest BCUT2D eigenvalue weighted by Crippen LogP contribution is -2.30. The Morgan fingerprint density at radius 2 is 0.559 bits per heavy atom. The number of hydrogen-bond donors (Lipinski definition) is 0. The van der Waals surface area contributed by atoms with Crippen LogP contribution in [0.4, 0.5) is 0 Å². The first-order chi connectivity index (χ1) is 29.0. The lowest BCUT2D eigenvalue weighted by Gasteiger charge is -2.18. The van der Waals surface area contributed by atoms with Crippen molar-refractivity contribution < 1.29 is 28.6 Å². The smallest absolute Gasteiger partial charge is 0.306 e. The standard InChI is InChI=1S/C53H100O6/c1-4-7-10-13-16-19-22-24-26-27-29-31-34-37-40-43-46-52(55)58-49-50(48-57-51(54)45-42-39-36-33-30-21-18-15-12-9-6-3)59-53(56)47-44-41-38-35-32-28-25-23-20-17-14-11-8-5-2/h26-27,50H,4-25,28-49H2,1-3H3/b27-26-. The summed E-state index contributed by atoms with van der Waals surface area (Å²) in [4.78, 5) is 37.9. The van der Waals surface area contributed by atoms with Gasteiger partial charge >= 0.3 is 17.9 Å². The SMILES string of the molecule is CCCCCCCCC/C=C\CCCCCCCC(=O)OCC(COC(=O)CCCCCCCCCCCCC)OC(=O)CCCCCCCCCCCCCCCC. The molecule has 0 fully saturated rings. The van der Waals surface area contributed by atoms with E-state index in [4.69, 9.17) is 14.2 Å². The predicted molar refractivity (Wildman–Crippen MR) is 252 cm³/mol. The number of unbranched alkanes of at least 4 members (excludes halogenated alkanes) is 35. The molecule has 0 saturated heterocycles. The highest BCUT2D eigenvalue weighted by Gasteiger charge is 2.19. The van der Waals surface area contributed by atoms with Crippen LogP contribution in [0.3, 0.4) is 0 Å². The van der Waals surface area contributed by atoms with Crippen LogP contribution in [0.15, 0.2) is 12.2 Å². The van der Waals surface area contributed by atoms with Crippen LogP contribution in [0.25, 0.3) is 0 Å². The van der Waals surface area contributed by atoms with Crippen molar-refractivity contribution >= 4 is 17.9 Å². The third-order valence-electron chi connectivity index (χ3n) is 11.8. The summed E-state index contributed by atoms with van der Waals surface area (Å²) >= 11 is 0. The monoisotopic (exact) mass is 833 g/mol. The molecule has 59 heavy (non-hydrogen) atoms. The van der Waals surface area contributed by atoms with Gasteiger partial charge in [0, 0.05) is 19.3 Å². The minimum absolute atomic E-state index is 0.0673. The van der Waals surface area contributed by atoms with Gasteiger partial charge in [0.1, 0.15) is 13.2 Å². The molecule has 0 amide bonds. The Balaban J connectivity index is 4.32. The van der Waals surface area contributed by atoms with E-state index in [-0.39, 0.29) is 31.1 Å². The Labute approximate surface area is 367 Å². The van der Waals surface area contributed by atoms with Gasteiger partial charge in [-0.25, -0.2) is 0 Å². The van der Waals surface area contributed by atoms with Gasteiger partial charge in [-0.2, -0.15) is 0 Å². The maximum absolute atomic E-state index is 12.8. The molecule has 6 nitrogen and oxygen atoms in total. The van der Waals surface area contributed by atoms with Gasteiger partial charge < -0.3 is 14.2 Å². The van der Waals surface area contributed by atoms with Crippen LogP contribution in [0.5, 0.6) is 0 Å². The minimum Gasteiger partial charge on any atom is -0.462 e. The fraction of sp³-hybridized carbons (Fsp3) is 0.906. The molecule has 0 heterocycles. The molecule has 6 heteroatoms. The van der Waals surface area contributed by atoms with Gasteiger partial charge in [-0.3, -0.25) is 14.4 Å². The van der Waals surface area contributed by atoms with Crippen molar-refractivity contribution in [2.24, 2.45) is 0 Å². The number of ether oxygens (including phenoxy) is 3. The first kappa shape index (κ1) is 57.1. The quantitative estimate of drug-likeness (QED) is 0.0263. The van der Waals surface area contributed by atoms with Crippen molar-refractivity contribution in [3.8, 4) is 0 Å². The van der Waals surface area contributed by atoms with E-state index in [1.54, 1.807) is 0 Å². The molecule has 0 radical (unpaired) electrons. The van der Waals surface area contributed by atoms with Gasteiger partial charge in [0.25, 0.3) is 0 Å². The predicted octanol–water partition coefficient (Wildman–Crippen LogP) is 17.0. The second-order valence-corrected chi connectivity index (χ2v) is 17.8. The molecule has 0 bridgehead atoms. The molecule has 0 N–H and O–H groups in total. The van der Waals surface area contributed by atoms with Crippen LogP contribution in [-0.2, 0) is 28.6 Å². The molecular formula is C53H100O6. The average Bonchev–Trinajstić information content (AvgIpc) is 3.23. The summed E-state index contributed by atoms with van der Waals surface area (Å²) in [6.45, 7) is 6.66. The number of hydrogen-bond acceptors (Lipinski definition) is 6. The van der Waals surface area contributed by atoms with Crippen molar-refractivity contribution in [1.82, 2.24) is 0 Å². The number of esters is 3. The normalized spacial score (nSPS) is 12.0. The molecule has 0 spiro atoms. The van der Waals surface area contributed by atoms with E-state index in [0.717, 1.165) is 64.2 Å². The molecule has 0 aromatic rings. The zero-order valence-electron chi connectivity index (χ0n) is 39.8. The van der Waals surface area contributed by atoms with E-state index in [9.17, 15) is 14.4 Å². The Bertz CT molecular complexity index is 916. The lowest BCUT2D eigenvalue weighted by molar-refractivity contribution is -0.167. The van der Waals surface area contributed by atoms with Crippen LogP contribution in [0.1, 0.15) is 290 Å². The molecule has 0 saturated carbocycles. The van der Waals surface area contributed by atoms with Crippen molar-refractivity contribution in [3.05, 3.63) is 12.2 Å². The Hall–Kier alpha value is -1.85. The summed E-state index contributed by atoms with van der Waals surface area (Å²) in [5.41, 5.74) is 0. The Kier molecular flexibility index (Phi) is 47.3. The second-order valence-electron chi connectivity index (χ2n) is 17.8. The third kappa shape index (κ3) is 47.1. The maximum atomic E-state index is 12.8. The van der Waals surface area contributed by atoms with Crippen molar-refractivity contribution in [1.29, 1.82) is 0 Å². The summed E-state index contributed by atoms with van der Waals surface area (Å²) in [5, 5.41) is 0. The van der Waals surface area contributed by atoms with E-state index in [1.807, 2.05) is 0 Å². The van der Waals surface area contributed by atoms with Crippen LogP contribution in [0.2, 0.25) is 0 Å². The number of allylic oxidation sites excluding steroid dienone is 2. The molecule has 0 aliphatic rings. The maximum Gasteiger partial charge on any atom is 0.306 e. The van der Waals surface area contributed by atoms with Gasteiger partial charge in [0.2, 0.25) is 0 Å². The fourth-order valence-electron chi connectivity index (χ4n) is 7.79. The van der Waals surface area contributed by atoms with Crippen LogP contribution < -0.4 is 0 Å². The minimum atomic E-state index is -0.766. The lowest BCUT2D eigenvalue weighted by atomic mass is 10.0. The molecular weight excluding hydrogens is 733 g/mol. The first-order valence-corrected chi connectivity index (χ1v) is 26.2. The van der Waals surface area contributed by atoms with Gasteiger partial charge in [0.15, 0.2) is 6.10 Å². The van der Waals surface area contributed by atoms with Crippen molar-refractivity contribution in [3.63, 3.8) is 0 Å². The van der Waals surface area contributed by atoms with E-state index < -0.39 is 6.10 Å². The van der Waals surface area contributed by atoms with E-state index in [2.05, 4.69) is 32.9 Å². The summed E-state index contributed by atoms with van der Waals surface area (Å²) in [5.74, 6) is -0.860. The molecule has 1 atom stereocenters. The van der Waals surface area contributed by atoms with E-state index in [1.165, 1.54) is 186 Å². The van der Waals surface area contributed by atoms with Crippen LogP contribution >= 0.6 is 0 Å². The molecule has 0 aliphatic carbocycles. The van der Waals surface area contributed by atoms with Crippen LogP contribution in [-0.4, -0.2) is 37.2 Å². The molecule has 1 unspecified atom stereocenters. The van der Waals surface area contributed by atoms with Gasteiger partial charge in [0.05, 0.1) is 0 Å². The summed E-state index contributed by atoms with van der Waals surface area (Å²) in [6, 6.07) is 0. The second kappa shape index (κ2) is 48.8. The Morgan fingerprint density at radius 1 is 0.322 bits per heavy atom. The average molecular weight is 833 g/mol. The highest BCUT2D eigenvalue weighted by atomic mass is 16.6. The molecule has 0 rings (SSSR count). The van der Waals surface area contributed by atoms with Gasteiger partial charge in [-0.15, -0.1) is 0 Å². The van der Waals surface area contributed by atoms with Crippen LogP contribution in [0, 0.1) is 0 Å². The first-order valence-electron chi connectivity index (χ1n) is 26.2. The van der Waals surface area contributed by atoms with Gasteiger partial charge in [-0.1, -0.05) is 238 Å². The highest BCUT2D eigenvalue weighted by Crippen LogP contribution is 2.16. The largest absolute Gasteiger partial charge is 0.462 e. The number of carbonyl (C=O) groups excluding carboxylic acids is 3. The molecule has 348 valence electrons. The van der Waals surface area contributed by atoms with Crippen molar-refractivity contribution in [2.45, 2.75) is 297 Å². The van der Waals surface area contributed by atoms with E-state index in [0.29, 0.717) is 19.3 Å². The molecule has 0 aromatic carbocycles. The van der Waals surface area contributed by atoms with Gasteiger partial charge in [-0.05, 0) is 44.9 Å². The van der Waals surface area contributed by atoms with E-state index >= 15 is 0 Å². The fourth-order valence-corrected chi connectivity index (χ4v) is 7.79. The molecule has 0 aromatic heterocycles. The number of carbonyl (C=O) groups is 3. The van der Waals surface area contributed by atoms with Crippen molar-refractivity contribution in [2.75, 3.05) is 13.2 Å². The molecule has 0 aliphatic heterocycles. The summed E-state index contributed by atoms with van der Waals surface area (Å²) < 4.78 is 16.8. The summed E-state index contributed by atoms with van der Waals surface area (Å²) in [7, 11) is 0. The topological polar surface area (TPSA) is 78.9 Å². The zero-order chi connectivity index (χ0) is 43.0. The number of rotatable bonds is 48. The zero-order valence-corrected chi connectivity index (χ0v) is 39.8. The Morgan fingerprint density at radius 3 is 0.847 bits per heavy atom.